The lowest BCUT2D eigenvalue weighted by atomic mass is 9.79. The molecule has 0 aromatic rings. The Kier molecular flexibility index (Phi) is 2.56. The first kappa shape index (κ1) is 9.31. The molecule has 0 saturated carbocycles. The molecule has 0 N–H and O–H groups in total. The topological polar surface area (TPSA) is 0 Å². The molecular formula is C12H18. The smallest absolute Gasteiger partial charge is 0.00619 e. The molecule has 1 atom stereocenters. The highest BCUT2D eigenvalue weighted by Crippen LogP contribution is 2.32. The number of hydrogen-bond acceptors (Lipinski definition) is 0. The van der Waals surface area contributed by atoms with E-state index in [1.54, 1.807) is 0 Å². The van der Waals surface area contributed by atoms with Gasteiger partial charge in [-0.25, -0.2) is 0 Å². The Balaban J connectivity index is 2.92. The van der Waals surface area contributed by atoms with Crippen LogP contribution in [-0.4, -0.2) is 0 Å². The van der Waals surface area contributed by atoms with Gasteiger partial charge in [0.2, 0.25) is 0 Å². The molecule has 0 aromatic heterocycles. The molecule has 0 bridgehead atoms. The molecule has 0 radical (unpaired) electrons. The highest BCUT2D eigenvalue weighted by atomic mass is 14.3. The SMILES string of the molecule is CC1=CC=CC(C)(C(C)C)C=C1. The van der Waals surface area contributed by atoms with Crippen LogP contribution in [0.4, 0.5) is 0 Å². The minimum atomic E-state index is 0.230. The summed E-state index contributed by atoms with van der Waals surface area (Å²) in [5.74, 6) is 0.657. The number of allylic oxidation sites excluding steroid dienone is 6. The number of hydrogen-bond donors (Lipinski definition) is 0. The zero-order chi connectivity index (χ0) is 9.19. The van der Waals surface area contributed by atoms with Gasteiger partial charge in [-0.2, -0.15) is 0 Å². The van der Waals surface area contributed by atoms with Crippen molar-refractivity contribution in [2.24, 2.45) is 11.3 Å². The molecular weight excluding hydrogens is 144 g/mol. The monoisotopic (exact) mass is 162 g/mol. The third-order valence-electron chi connectivity index (χ3n) is 2.76. The van der Waals surface area contributed by atoms with Crippen LogP contribution in [-0.2, 0) is 0 Å². The van der Waals surface area contributed by atoms with Crippen LogP contribution in [0.3, 0.4) is 0 Å². The van der Waals surface area contributed by atoms with Gasteiger partial charge in [-0.15, -0.1) is 0 Å². The average Bonchev–Trinajstić information content (AvgIpc) is 2.15. The van der Waals surface area contributed by atoms with Crippen molar-refractivity contribution < 1.29 is 0 Å². The summed E-state index contributed by atoms with van der Waals surface area (Å²) in [6, 6.07) is 0. The summed E-state index contributed by atoms with van der Waals surface area (Å²) in [5, 5.41) is 0. The van der Waals surface area contributed by atoms with Gasteiger partial charge in [0.25, 0.3) is 0 Å². The fourth-order valence-electron chi connectivity index (χ4n) is 1.21. The van der Waals surface area contributed by atoms with Gasteiger partial charge in [0.15, 0.2) is 0 Å². The van der Waals surface area contributed by atoms with Crippen LogP contribution in [0.2, 0.25) is 0 Å². The quantitative estimate of drug-likeness (QED) is 0.551. The van der Waals surface area contributed by atoms with Crippen molar-refractivity contribution in [3.05, 3.63) is 36.0 Å². The molecule has 0 saturated heterocycles. The molecule has 0 amide bonds. The summed E-state index contributed by atoms with van der Waals surface area (Å²) in [5.41, 5.74) is 1.56. The van der Waals surface area contributed by atoms with Gasteiger partial charge in [0.1, 0.15) is 0 Å². The Morgan fingerprint density at radius 2 is 1.92 bits per heavy atom. The van der Waals surface area contributed by atoms with Crippen molar-refractivity contribution in [2.45, 2.75) is 27.7 Å². The van der Waals surface area contributed by atoms with Crippen molar-refractivity contribution in [2.75, 3.05) is 0 Å². The highest BCUT2D eigenvalue weighted by Gasteiger charge is 2.21. The van der Waals surface area contributed by atoms with E-state index in [4.69, 9.17) is 0 Å². The van der Waals surface area contributed by atoms with Gasteiger partial charge < -0.3 is 0 Å². The van der Waals surface area contributed by atoms with Gasteiger partial charge in [0.05, 0.1) is 0 Å². The molecule has 1 aliphatic rings. The highest BCUT2D eigenvalue weighted by molar-refractivity contribution is 5.30. The van der Waals surface area contributed by atoms with Crippen molar-refractivity contribution in [1.82, 2.24) is 0 Å². The van der Waals surface area contributed by atoms with Crippen molar-refractivity contribution >= 4 is 0 Å². The summed E-state index contributed by atoms with van der Waals surface area (Å²) in [6.45, 7) is 8.93. The van der Waals surface area contributed by atoms with Crippen LogP contribution in [0.15, 0.2) is 36.0 Å². The second kappa shape index (κ2) is 3.30. The Morgan fingerprint density at radius 1 is 1.25 bits per heavy atom. The first-order valence-corrected chi connectivity index (χ1v) is 4.60. The van der Waals surface area contributed by atoms with Crippen LogP contribution >= 0.6 is 0 Å². The predicted octanol–water partition coefficient (Wildman–Crippen LogP) is 3.72. The number of rotatable bonds is 1. The zero-order valence-corrected chi connectivity index (χ0v) is 8.46. The molecule has 0 aliphatic heterocycles. The largest absolute Gasteiger partial charge is 0.0745 e. The van der Waals surface area contributed by atoms with Crippen molar-refractivity contribution in [3.8, 4) is 0 Å². The van der Waals surface area contributed by atoms with Gasteiger partial charge in [-0.05, 0) is 12.8 Å². The molecule has 1 unspecified atom stereocenters. The van der Waals surface area contributed by atoms with Crippen LogP contribution in [0.5, 0.6) is 0 Å². The standard InChI is InChI=1S/C12H18/c1-10(2)12(4)8-5-6-11(3)7-9-12/h5-10H,1-4H3. The van der Waals surface area contributed by atoms with Crippen molar-refractivity contribution in [3.63, 3.8) is 0 Å². The second-order valence-electron chi connectivity index (χ2n) is 4.12. The van der Waals surface area contributed by atoms with E-state index in [2.05, 4.69) is 58.1 Å². The molecule has 1 aliphatic carbocycles. The van der Waals surface area contributed by atoms with Crippen LogP contribution in [0, 0.1) is 11.3 Å². The molecule has 0 heterocycles. The Bertz CT molecular complexity index is 241. The fourth-order valence-corrected chi connectivity index (χ4v) is 1.21. The molecule has 1 rings (SSSR count). The van der Waals surface area contributed by atoms with E-state index < -0.39 is 0 Å². The summed E-state index contributed by atoms with van der Waals surface area (Å²) in [7, 11) is 0. The maximum absolute atomic E-state index is 2.30. The lowest BCUT2D eigenvalue weighted by molar-refractivity contribution is 0.383. The first-order valence-electron chi connectivity index (χ1n) is 4.60. The van der Waals surface area contributed by atoms with E-state index in [1.165, 1.54) is 5.57 Å². The van der Waals surface area contributed by atoms with Gasteiger partial charge in [-0.3, -0.25) is 0 Å². The fraction of sp³-hybridized carbons (Fsp3) is 0.500. The summed E-state index contributed by atoms with van der Waals surface area (Å²) >= 11 is 0. The third kappa shape index (κ3) is 1.88. The third-order valence-corrected chi connectivity index (χ3v) is 2.76. The van der Waals surface area contributed by atoms with E-state index in [1.807, 2.05) is 0 Å². The van der Waals surface area contributed by atoms with E-state index in [9.17, 15) is 0 Å². The first-order chi connectivity index (χ1) is 5.54. The van der Waals surface area contributed by atoms with Gasteiger partial charge >= 0.3 is 0 Å². The van der Waals surface area contributed by atoms with E-state index >= 15 is 0 Å². The van der Waals surface area contributed by atoms with Crippen molar-refractivity contribution in [1.29, 1.82) is 0 Å². The Morgan fingerprint density at radius 3 is 2.50 bits per heavy atom. The predicted molar refractivity (Wildman–Crippen MR) is 55.0 cm³/mol. The normalized spacial score (nSPS) is 28.9. The molecule has 0 spiro atoms. The molecule has 12 heavy (non-hydrogen) atoms. The maximum Gasteiger partial charge on any atom is 0.00619 e. The summed E-state index contributed by atoms with van der Waals surface area (Å²) < 4.78 is 0. The van der Waals surface area contributed by atoms with E-state index in [0.29, 0.717) is 5.92 Å². The lowest BCUT2D eigenvalue weighted by Crippen LogP contribution is -2.17. The summed E-state index contributed by atoms with van der Waals surface area (Å²) in [4.78, 5) is 0. The van der Waals surface area contributed by atoms with Crippen LogP contribution in [0.25, 0.3) is 0 Å². The molecule has 0 fully saturated rings. The van der Waals surface area contributed by atoms with Gasteiger partial charge in [-0.1, -0.05) is 56.7 Å². The lowest BCUT2D eigenvalue weighted by Gasteiger charge is -2.26. The summed E-state index contributed by atoms with van der Waals surface area (Å²) in [6.07, 6.45) is 11.1. The molecule has 0 nitrogen and oxygen atoms in total. The molecule has 0 heteroatoms. The Labute approximate surface area is 75.7 Å². The van der Waals surface area contributed by atoms with Crippen LogP contribution in [0.1, 0.15) is 27.7 Å². The van der Waals surface area contributed by atoms with E-state index in [-0.39, 0.29) is 5.41 Å². The van der Waals surface area contributed by atoms with Crippen LogP contribution < -0.4 is 0 Å². The Hall–Kier alpha value is -0.780. The van der Waals surface area contributed by atoms with E-state index in [0.717, 1.165) is 0 Å². The minimum Gasteiger partial charge on any atom is -0.0745 e. The minimum absolute atomic E-state index is 0.230. The molecule has 66 valence electrons. The molecule has 0 aromatic carbocycles. The second-order valence-corrected chi connectivity index (χ2v) is 4.12. The maximum atomic E-state index is 2.30. The van der Waals surface area contributed by atoms with Gasteiger partial charge in [0, 0.05) is 5.41 Å². The zero-order valence-electron chi connectivity index (χ0n) is 8.46. The average molecular weight is 162 g/mol.